The summed E-state index contributed by atoms with van der Waals surface area (Å²) in [4.78, 5) is 2.51. The summed E-state index contributed by atoms with van der Waals surface area (Å²) in [6.45, 7) is 11.9. The first-order chi connectivity index (χ1) is 8.55. The van der Waals surface area contributed by atoms with E-state index in [1.165, 1.54) is 25.9 Å². The van der Waals surface area contributed by atoms with E-state index in [1.54, 1.807) is 0 Å². The minimum absolute atomic E-state index is 0.0147. The average molecular weight is 251 g/mol. The molecule has 18 heavy (non-hydrogen) atoms. The number of likely N-dealkylation sites (tertiary alicyclic amines) is 1. The zero-order chi connectivity index (χ0) is 13.0. The molecule has 0 spiro atoms. The Labute approximate surface area is 110 Å². The number of aromatic nitrogens is 3. The van der Waals surface area contributed by atoms with Gasteiger partial charge in [-0.15, -0.1) is 5.10 Å². The van der Waals surface area contributed by atoms with Gasteiger partial charge in [0.15, 0.2) is 0 Å². The van der Waals surface area contributed by atoms with Crippen molar-refractivity contribution in [1.29, 1.82) is 0 Å². The van der Waals surface area contributed by atoms with E-state index in [2.05, 4.69) is 41.3 Å². The van der Waals surface area contributed by atoms with Gasteiger partial charge in [-0.3, -0.25) is 0 Å². The minimum Gasteiger partial charge on any atom is -0.310 e. The third-order valence-electron chi connectivity index (χ3n) is 3.34. The highest BCUT2D eigenvalue weighted by molar-refractivity contribution is 4.94. The molecular weight excluding hydrogens is 226 g/mol. The van der Waals surface area contributed by atoms with Gasteiger partial charge in [0, 0.05) is 19.6 Å². The van der Waals surface area contributed by atoms with Crippen molar-refractivity contribution in [1.82, 2.24) is 25.2 Å². The highest BCUT2D eigenvalue weighted by Gasteiger charge is 2.15. The molecule has 1 aromatic rings. The molecule has 1 N–H and O–H groups in total. The maximum absolute atomic E-state index is 4.19. The van der Waals surface area contributed by atoms with Crippen LogP contribution >= 0.6 is 0 Å². The van der Waals surface area contributed by atoms with E-state index in [0.717, 1.165) is 25.3 Å². The predicted molar refractivity (Wildman–Crippen MR) is 72.4 cm³/mol. The van der Waals surface area contributed by atoms with Crippen LogP contribution in [0.3, 0.4) is 0 Å². The summed E-state index contributed by atoms with van der Waals surface area (Å²) in [5, 5.41) is 11.8. The Bertz CT molecular complexity index is 360. The second-order valence-corrected chi connectivity index (χ2v) is 6.05. The summed E-state index contributed by atoms with van der Waals surface area (Å²) in [5.74, 6) is 0. The monoisotopic (exact) mass is 251 g/mol. The van der Waals surface area contributed by atoms with Crippen molar-refractivity contribution in [2.24, 2.45) is 0 Å². The van der Waals surface area contributed by atoms with Gasteiger partial charge in [0.1, 0.15) is 0 Å². The first-order valence-electron chi connectivity index (χ1n) is 6.90. The molecule has 5 heteroatoms. The largest absolute Gasteiger partial charge is 0.310 e. The Hall–Kier alpha value is -0.940. The zero-order valence-corrected chi connectivity index (χ0v) is 11.8. The zero-order valence-electron chi connectivity index (χ0n) is 11.8. The Morgan fingerprint density at radius 1 is 1.28 bits per heavy atom. The topological polar surface area (TPSA) is 46.0 Å². The Morgan fingerprint density at radius 2 is 2.00 bits per heavy atom. The van der Waals surface area contributed by atoms with Crippen LogP contribution in [-0.4, -0.2) is 46.1 Å². The summed E-state index contributed by atoms with van der Waals surface area (Å²) in [6, 6.07) is 0. The first-order valence-corrected chi connectivity index (χ1v) is 6.90. The summed E-state index contributed by atoms with van der Waals surface area (Å²) in [6.07, 6.45) is 4.75. The third-order valence-corrected chi connectivity index (χ3v) is 3.34. The molecule has 0 unspecified atom stereocenters. The molecule has 0 aliphatic carbocycles. The molecule has 1 aliphatic heterocycles. The maximum Gasteiger partial charge on any atom is 0.0965 e. The lowest BCUT2D eigenvalue weighted by Gasteiger charge is -2.17. The average Bonchev–Trinajstić information content (AvgIpc) is 2.95. The number of hydrogen-bond acceptors (Lipinski definition) is 4. The van der Waals surface area contributed by atoms with Crippen molar-refractivity contribution < 1.29 is 0 Å². The fraction of sp³-hybridized carbons (Fsp3) is 0.846. The van der Waals surface area contributed by atoms with Gasteiger partial charge in [-0.1, -0.05) is 5.21 Å². The molecule has 0 amide bonds. The fourth-order valence-electron chi connectivity index (χ4n) is 2.17. The van der Waals surface area contributed by atoms with Gasteiger partial charge in [0.2, 0.25) is 0 Å². The van der Waals surface area contributed by atoms with Crippen LogP contribution < -0.4 is 5.32 Å². The number of rotatable bonds is 5. The lowest BCUT2D eigenvalue weighted by Crippen LogP contribution is -2.29. The van der Waals surface area contributed by atoms with Crippen molar-refractivity contribution >= 4 is 0 Å². The second-order valence-electron chi connectivity index (χ2n) is 6.05. The van der Waals surface area contributed by atoms with Gasteiger partial charge in [-0.2, -0.15) is 0 Å². The summed E-state index contributed by atoms with van der Waals surface area (Å²) in [5.41, 5.74) is 1.03. The van der Waals surface area contributed by atoms with Crippen LogP contribution in [0.4, 0.5) is 0 Å². The molecule has 1 fully saturated rings. The Kier molecular flexibility index (Phi) is 4.35. The summed E-state index contributed by atoms with van der Waals surface area (Å²) >= 11 is 0. The summed E-state index contributed by atoms with van der Waals surface area (Å²) in [7, 11) is 0. The fourth-order valence-corrected chi connectivity index (χ4v) is 2.17. The Morgan fingerprint density at radius 3 is 2.61 bits per heavy atom. The van der Waals surface area contributed by atoms with Crippen LogP contribution in [0, 0.1) is 0 Å². The molecule has 0 bridgehead atoms. The molecule has 0 aromatic carbocycles. The quantitative estimate of drug-likeness (QED) is 0.799. The number of hydrogen-bond donors (Lipinski definition) is 1. The third kappa shape index (κ3) is 3.78. The van der Waals surface area contributed by atoms with E-state index >= 15 is 0 Å². The van der Waals surface area contributed by atoms with E-state index in [-0.39, 0.29) is 5.54 Å². The molecule has 1 saturated heterocycles. The van der Waals surface area contributed by atoms with E-state index in [0.29, 0.717) is 0 Å². The van der Waals surface area contributed by atoms with Crippen LogP contribution in [-0.2, 0) is 12.1 Å². The van der Waals surface area contributed by atoms with Gasteiger partial charge in [0.25, 0.3) is 0 Å². The normalized spacial score (nSPS) is 17.5. The van der Waals surface area contributed by atoms with Gasteiger partial charge in [-0.25, -0.2) is 4.68 Å². The van der Waals surface area contributed by atoms with Crippen molar-refractivity contribution in [3.8, 4) is 0 Å². The van der Waals surface area contributed by atoms with Gasteiger partial charge in [-0.05, 0) is 46.7 Å². The van der Waals surface area contributed by atoms with Gasteiger partial charge < -0.3 is 10.2 Å². The Balaban J connectivity index is 1.68. The lowest BCUT2D eigenvalue weighted by atomic mass is 10.1. The van der Waals surface area contributed by atoms with E-state index in [1.807, 2.05) is 10.9 Å². The van der Waals surface area contributed by atoms with Gasteiger partial charge >= 0.3 is 0 Å². The van der Waals surface area contributed by atoms with Crippen LogP contribution in [0.5, 0.6) is 0 Å². The van der Waals surface area contributed by atoms with Gasteiger partial charge in [0.05, 0.1) is 17.4 Å². The van der Waals surface area contributed by atoms with Crippen molar-refractivity contribution in [3.63, 3.8) is 0 Å². The molecule has 5 nitrogen and oxygen atoms in total. The molecule has 2 rings (SSSR count). The smallest absolute Gasteiger partial charge is 0.0965 e. The molecule has 0 saturated carbocycles. The van der Waals surface area contributed by atoms with Crippen molar-refractivity contribution in [2.75, 3.05) is 26.2 Å². The molecule has 2 heterocycles. The molecule has 0 atom stereocenters. The van der Waals surface area contributed by atoms with E-state index in [9.17, 15) is 0 Å². The minimum atomic E-state index is 0.0147. The van der Waals surface area contributed by atoms with Crippen molar-refractivity contribution in [3.05, 3.63) is 11.9 Å². The van der Waals surface area contributed by atoms with Crippen LogP contribution in [0.1, 0.15) is 39.3 Å². The number of nitrogens with zero attached hydrogens (tertiary/aromatic N) is 4. The van der Waals surface area contributed by atoms with Crippen LogP contribution in [0.15, 0.2) is 6.20 Å². The predicted octanol–water partition coefficient (Wildman–Crippen LogP) is 1.22. The second kappa shape index (κ2) is 5.80. The lowest BCUT2D eigenvalue weighted by molar-refractivity contribution is 0.335. The molecule has 1 aliphatic rings. The maximum atomic E-state index is 4.19. The standard InChI is InChI=1S/C13H25N5/c1-13(2,3)18-11-12(15-16-18)10-14-6-9-17-7-4-5-8-17/h11,14H,4-10H2,1-3H3. The van der Waals surface area contributed by atoms with E-state index in [4.69, 9.17) is 0 Å². The van der Waals surface area contributed by atoms with E-state index < -0.39 is 0 Å². The van der Waals surface area contributed by atoms with Crippen LogP contribution in [0.25, 0.3) is 0 Å². The first kappa shape index (κ1) is 13.5. The number of nitrogens with one attached hydrogen (secondary N) is 1. The SMILES string of the molecule is CC(C)(C)n1cc(CNCCN2CCCC2)nn1. The highest BCUT2D eigenvalue weighted by Crippen LogP contribution is 2.11. The highest BCUT2D eigenvalue weighted by atomic mass is 15.4. The molecule has 0 radical (unpaired) electrons. The van der Waals surface area contributed by atoms with Crippen molar-refractivity contribution in [2.45, 2.75) is 45.7 Å². The summed E-state index contributed by atoms with van der Waals surface area (Å²) < 4.78 is 1.92. The molecule has 102 valence electrons. The van der Waals surface area contributed by atoms with Crippen LogP contribution in [0.2, 0.25) is 0 Å². The molecular formula is C13H25N5. The molecule has 1 aromatic heterocycles.